The molecule has 0 radical (unpaired) electrons. The third-order valence-electron chi connectivity index (χ3n) is 15.9. The Bertz CT molecular complexity index is 1610. The molecule has 0 aromatic heterocycles. The molecule has 4 heterocycles. The first-order chi connectivity index (χ1) is 27.6. The van der Waals surface area contributed by atoms with Gasteiger partial charge in [-0.05, 0) is 113 Å². The molecule has 0 unspecified atom stereocenters. The standard InChI is InChI=1S/C45H66O13/c1-24-9-8-10-38(51-24)57-41-25(2)53-40(22-36(41)55-28(5)47)58-42-26(3)52-39(21-35(42)54-27(4)46)56-31-13-16-43(6)30(20-31)11-12-34-33(43)14-17-44(7)32(15-18-45(34,44)49)29-19-37(48)50-23-29/h8-9,19,24-26,30-36,38-42,49H,10-18,20-23H2,1-7H3/t24-,25-,26-,30-,31+,32-,33+,34-,35+,36+,38+,39+,40+,41-,42-,43+,44-,45+/m1/s1. The molecule has 13 heteroatoms. The van der Waals surface area contributed by atoms with E-state index in [1.54, 1.807) is 6.08 Å². The van der Waals surface area contributed by atoms with Crippen molar-refractivity contribution in [3.05, 3.63) is 23.8 Å². The van der Waals surface area contributed by atoms with Crippen molar-refractivity contribution < 1.29 is 62.1 Å². The molecule has 324 valence electrons. The van der Waals surface area contributed by atoms with E-state index in [0.29, 0.717) is 31.3 Å². The summed E-state index contributed by atoms with van der Waals surface area (Å²) < 4.78 is 55.3. The smallest absolute Gasteiger partial charge is 0.331 e. The zero-order valence-corrected chi connectivity index (χ0v) is 35.4. The van der Waals surface area contributed by atoms with Crippen molar-refractivity contribution in [2.75, 3.05) is 6.61 Å². The summed E-state index contributed by atoms with van der Waals surface area (Å²) in [5, 5.41) is 12.6. The molecule has 1 N–H and O–H groups in total. The van der Waals surface area contributed by atoms with E-state index in [4.69, 9.17) is 42.6 Å². The summed E-state index contributed by atoms with van der Waals surface area (Å²) in [6.07, 6.45) is 9.96. The van der Waals surface area contributed by atoms with Crippen LogP contribution in [-0.4, -0.2) is 103 Å². The van der Waals surface area contributed by atoms with Gasteiger partial charge in [0.15, 0.2) is 18.9 Å². The van der Waals surface area contributed by atoms with Crippen molar-refractivity contribution >= 4 is 17.9 Å². The van der Waals surface area contributed by atoms with E-state index < -0.39 is 73.0 Å². The maximum Gasteiger partial charge on any atom is 0.331 e. The number of rotatable bonds is 9. The monoisotopic (exact) mass is 814 g/mol. The fraction of sp³-hybridized carbons (Fsp3) is 0.844. The molecule has 58 heavy (non-hydrogen) atoms. The third kappa shape index (κ3) is 7.95. The summed E-state index contributed by atoms with van der Waals surface area (Å²) in [7, 11) is 0. The third-order valence-corrected chi connectivity index (χ3v) is 15.9. The molecule has 4 saturated carbocycles. The van der Waals surface area contributed by atoms with E-state index >= 15 is 0 Å². The first kappa shape index (κ1) is 42.3. The molecule has 2 saturated heterocycles. The van der Waals surface area contributed by atoms with E-state index in [1.807, 2.05) is 32.9 Å². The molecule has 0 aromatic carbocycles. The zero-order chi connectivity index (χ0) is 41.1. The maximum absolute atomic E-state index is 12.6. The average Bonchev–Trinajstić information content (AvgIpc) is 3.70. The molecule has 8 aliphatic rings. The maximum atomic E-state index is 12.6. The number of fused-ring (bicyclic) bond motifs is 5. The van der Waals surface area contributed by atoms with E-state index in [2.05, 4.69) is 13.8 Å². The van der Waals surface area contributed by atoms with Gasteiger partial charge >= 0.3 is 17.9 Å². The van der Waals surface area contributed by atoms with Crippen LogP contribution in [0.1, 0.15) is 126 Å². The van der Waals surface area contributed by atoms with Gasteiger partial charge in [0.25, 0.3) is 0 Å². The summed E-state index contributed by atoms with van der Waals surface area (Å²) >= 11 is 0. The molecule has 0 bridgehead atoms. The zero-order valence-electron chi connectivity index (χ0n) is 35.4. The topological polar surface area (TPSA) is 155 Å². The molecule has 0 aromatic rings. The fourth-order valence-electron chi connectivity index (χ4n) is 13.1. The van der Waals surface area contributed by atoms with Gasteiger partial charge in [0.1, 0.15) is 31.0 Å². The van der Waals surface area contributed by atoms with Gasteiger partial charge in [0.2, 0.25) is 0 Å². The molecule has 4 aliphatic carbocycles. The molecule has 13 nitrogen and oxygen atoms in total. The Hall–Kier alpha value is -2.39. The van der Waals surface area contributed by atoms with E-state index in [0.717, 1.165) is 63.4 Å². The number of ether oxygens (including phenoxy) is 9. The van der Waals surface area contributed by atoms with Crippen LogP contribution >= 0.6 is 0 Å². The van der Waals surface area contributed by atoms with Crippen LogP contribution in [0.4, 0.5) is 0 Å². The van der Waals surface area contributed by atoms with Gasteiger partial charge in [-0.1, -0.05) is 26.0 Å². The molecule has 0 amide bonds. The molecule has 6 fully saturated rings. The predicted molar refractivity (Wildman–Crippen MR) is 207 cm³/mol. The highest BCUT2D eigenvalue weighted by atomic mass is 16.7. The number of carbonyl (C=O) groups is 3. The van der Waals surface area contributed by atoms with Gasteiger partial charge in [-0.2, -0.15) is 0 Å². The number of hydrogen-bond donors (Lipinski definition) is 1. The lowest BCUT2D eigenvalue weighted by Crippen LogP contribution is -2.62. The summed E-state index contributed by atoms with van der Waals surface area (Å²) in [4.78, 5) is 36.6. The van der Waals surface area contributed by atoms with Crippen LogP contribution in [0.15, 0.2) is 23.8 Å². The Morgan fingerprint density at radius 3 is 2.03 bits per heavy atom. The lowest BCUT2D eigenvalue weighted by Gasteiger charge is -2.64. The molecule has 8 rings (SSSR count). The van der Waals surface area contributed by atoms with Gasteiger partial charge in [-0.3, -0.25) is 9.59 Å². The summed E-state index contributed by atoms with van der Waals surface area (Å²) in [6.45, 7) is 13.6. The highest BCUT2D eigenvalue weighted by Crippen LogP contribution is 2.70. The number of cyclic esters (lactones) is 1. The van der Waals surface area contributed by atoms with Gasteiger partial charge in [0.05, 0.1) is 30.0 Å². The minimum absolute atomic E-state index is 0.00233. The van der Waals surface area contributed by atoms with Gasteiger partial charge < -0.3 is 47.7 Å². The summed E-state index contributed by atoms with van der Waals surface area (Å²) in [5.41, 5.74) is 0.168. The van der Waals surface area contributed by atoms with Crippen LogP contribution in [0.2, 0.25) is 0 Å². The Labute approximate surface area is 343 Å². The van der Waals surface area contributed by atoms with E-state index in [9.17, 15) is 19.5 Å². The van der Waals surface area contributed by atoms with Crippen molar-refractivity contribution in [2.45, 2.75) is 199 Å². The SMILES string of the molecule is CC(=O)O[C@H]1C[C@H](O[C@H]2CC[C@@]3(C)[C@H](CC[C@@H]4[C@@H]3CC[C@]3(C)[C@@H](C5=CC(=O)OC5)CC[C@]43O)C2)O[C@H](C)[C@H]1O[C@H]1C[C@H](OC(C)=O)[C@H](O[C@H]2CC=C[C@@H](C)O2)[C@@H](C)O1. The Morgan fingerprint density at radius 1 is 0.759 bits per heavy atom. The number of aliphatic hydroxyl groups is 1. The van der Waals surface area contributed by atoms with Crippen LogP contribution in [0, 0.1) is 34.5 Å². The van der Waals surface area contributed by atoms with E-state index in [-0.39, 0.29) is 47.3 Å². The Balaban J connectivity index is 0.886. The number of hydrogen-bond acceptors (Lipinski definition) is 13. The minimum Gasteiger partial charge on any atom is -0.459 e. The summed E-state index contributed by atoms with van der Waals surface area (Å²) in [6, 6.07) is 0. The lowest BCUT2D eigenvalue weighted by molar-refractivity contribution is -0.330. The van der Waals surface area contributed by atoms with Crippen LogP contribution in [0.5, 0.6) is 0 Å². The minimum atomic E-state index is -0.771. The van der Waals surface area contributed by atoms with Gasteiger partial charge in [-0.15, -0.1) is 0 Å². The highest BCUT2D eigenvalue weighted by Gasteiger charge is 2.68. The first-order valence-electron chi connectivity index (χ1n) is 22.1. The Morgan fingerprint density at radius 2 is 1.41 bits per heavy atom. The predicted octanol–water partition coefficient (Wildman–Crippen LogP) is 6.22. The molecular formula is C45H66O13. The van der Waals surface area contributed by atoms with Crippen molar-refractivity contribution in [3.8, 4) is 0 Å². The van der Waals surface area contributed by atoms with Gasteiger partial charge in [0, 0.05) is 44.6 Å². The molecule has 18 atom stereocenters. The number of carbonyl (C=O) groups excluding carboxylic acids is 3. The van der Waals surface area contributed by atoms with Crippen LogP contribution in [-0.2, 0) is 57.0 Å². The number of esters is 3. The van der Waals surface area contributed by atoms with Gasteiger partial charge in [-0.25, -0.2) is 4.79 Å². The van der Waals surface area contributed by atoms with Crippen LogP contribution in [0.25, 0.3) is 0 Å². The second kappa shape index (κ2) is 16.5. The molecule has 0 spiro atoms. The lowest BCUT2D eigenvalue weighted by atomic mass is 9.43. The average molecular weight is 815 g/mol. The molecular weight excluding hydrogens is 748 g/mol. The van der Waals surface area contributed by atoms with Crippen LogP contribution in [0.3, 0.4) is 0 Å². The highest BCUT2D eigenvalue weighted by molar-refractivity contribution is 5.85. The van der Waals surface area contributed by atoms with E-state index in [1.165, 1.54) is 13.8 Å². The second-order valence-corrected chi connectivity index (χ2v) is 19.3. The van der Waals surface area contributed by atoms with Crippen molar-refractivity contribution in [1.82, 2.24) is 0 Å². The molecule has 4 aliphatic heterocycles. The fourth-order valence-corrected chi connectivity index (χ4v) is 13.1. The second-order valence-electron chi connectivity index (χ2n) is 19.3. The first-order valence-corrected chi connectivity index (χ1v) is 22.1. The Kier molecular flexibility index (Phi) is 12.0. The van der Waals surface area contributed by atoms with Crippen molar-refractivity contribution in [1.29, 1.82) is 0 Å². The normalized spacial score (nSPS) is 48.9. The largest absolute Gasteiger partial charge is 0.459 e. The van der Waals surface area contributed by atoms with Crippen molar-refractivity contribution in [2.24, 2.45) is 34.5 Å². The van der Waals surface area contributed by atoms with Crippen LogP contribution < -0.4 is 0 Å². The quantitative estimate of drug-likeness (QED) is 0.121. The van der Waals surface area contributed by atoms with Crippen molar-refractivity contribution in [3.63, 3.8) is 0 Å². The summed E-state index contributed by atoms with van der Waals surface area (Å²) in [5.74, 6) is 0.226.